The second-order valence-corrected chi connectivity index (χ2v) is 5.66. The molecule has 109 valence electrons. The summed E-state index contributed by atoms with van der Waals surface area (Å²) in [4.78, 5) is 0. The predicted molar refractivity (Wildman–Crippen MR) is 86.8 cm³/mol. The van der Waals surface area contributed by atoms with Gasteiger partial charge in [0.1, 0.15) is 0 Å². The molecule has 0 aromatic carbocycles. The molecule has 0 saturated carbocycles. The summed E-state index contributed by atoms with van der Waals surface area (Å²) in [6.45, 7) is 2.28. The predicted octanol–water partition coefficient (Wildman–Crippen LogP) is 6.33. The summed E-state index contributed by atoms with van der Waals surface area (Å²) < 4.78 is 0. The molecular formula is C16H33AsCl. The van der Waals surface area contributed by atoms with Gasteiger partial charge in [-0.15, -0.1) is 11.6 Å². The molecule has 0 bridgehead atoms. The SMILES string of the molecule is CCCCCCCCCCCCCCCCCl.[As]. The van der Waals surface area contributed by atoms with Gasteiger partial charge in [0.05, 0.1) is 0 Å². The smallest absolute Gasteiger partial charge is 0.0223 e. The minimum Gasteiger partial charge on any atom is -0.127 e. The first kappa shape index (κ1) is 21.2. The van der Waals surface area contributed by atoms with Crippen LogP contribution in [0.3, 0.4) is 0 Å². The van der Waals surface area contributed by atoms with Crippen molar-refractivity contribution in [2.75, 3.05) is 5.88 Å². The van der Waals surface area contributed by atoms with E-state index in [0.29, 0.717) is 0 Å². The molecule has 0 rings (SSSR count). The van der Waals surface area contributed by atoms with Crippen molar-refractivity contribution < 1.29 is 0 Å². The molecule has 0 N–H and O–H groups in total. The molecule has 0 saturated heterocycles. The number of halogens is 1. The number of alkyl halides is 1. The molecule has 0 nitrogen and oxygen atoms in total. The van der Waals surface area contributed by atoms with Crippen LogP contribution in [-0.4, -0.2) is 23.8 Å². The number of hydrogen-bond donors (Lipinski definition) is 0. The zero-order valence-electron chi connectivity index (χ0n) is 12.4. The average molecular weight is 336 g/mol. The maximum absolute atomic E-state index is 5.64. The molecule has 18 heavy (non-hydrogen) atoms. The van der Waals surface area contributed by atoms with E-state index in [-0.39, 0.29) is 18.0 Å². The fourth-order valence-electron chi connectivity index (χ4n) is 2.29. The summed E-state index contributed by atoms with van der Waals surface area (Å²) in [6, 6.07) is 0. The van der Waals surface area contributed by atoms with Crippen LogP contribution in [0.5, 0.6) is 0 Å². The Morgan fingerprint density at radius 3 is 1.06 bits per heavy atom. The largest absolute Gasteiger partial charge is 0.127 e. The average Bonchev–Trinajstić information content (AvgIpc) is 2.35. The Morgan fingerprint density at radius 1 is 0.500 bits per heavy atom. The van der Waals surface area contributed by atoms with E-state index in [9.17, 15) is 0 Å². The van der Waals surface area contributed by atoms with E-state index in [1.807, 2.05) is 0 Å². The maximum atomic E-state index is 5.64. The van der Waals surface area contributed by atoms with Crippen LogP contribution < -0.4 is 0 Å². The summed E-state index contributed by atoms with van der Waals surface area (Å²) in [7, 11) is 0. The van der Waals surface area contributed by atoms with Gasteiger partial charge in [-0.1, -0.05) is 90.4 Å². The molecule has 0 amide bonds. The maximum Gasteiger partial charge on any atom is 0.0223 e. The van der Waals surface area contributed by atoms with Crippen LogP contribution in [0.25, 0.3) is 0 Å². The first-order valence-corrected chi connectivity index (χ1v) is 8.51. The van der Waals surface area contributed by atoms with E-state index in [2.05, 4.69) is 6.92 Å². The third kappa shape index (κ3) is 19.2. The fourth-order valence-corrected chi connectivity index (χ4v) is 2.48. The zero-order chi connectivity index (χ0) is 12.6. The van der Waals surface area contributed by atoms with Gasteiger partial charge >= 0.3 is 0 Å². The Balaban J connectivity index is 0. The third-order valence-electron chi connectivity index (χ3n) is 3.49. The summed E-state index contributed by atoms with van der Waals surface area (Å²) >= 11 is 5.64. The van der Waals surface area contributed by atoms with E-state index >= 15 is 0 Å². The van der Waals surface area contributed by atoms with Crippen LogP contribution in [0.2, 0.25) is 0 Å². The first-order valence-electron chi connectivity index (χ1n) is 7.97. The molecule has 3 radical (unpaired) electrons. The van der Waals surface area contributed by atoms with Crippen molar-refractivity contribution in [3.8, 4) is 0 Å². The van der Waals surface area contributed by atoms with Gasteiger partial charge in [0.15, 0.2) is 0 Å². The van der Waals surface area contributed by atoms with Crippen LogP contribution in [0.1, 0.15) is 96.8 Å². The van der Waals surface area contributed by atoms with Crippen LogP contribution in [0, 0.1) is 0 Å². The van der Waals surface area contributed by atoms with E-state index < -0.39 is 0 Å². The third-order valence-corrected chi connectivity index (χ3v) is 3.75. The quantitative estimate of drug-likeness (QED) is 0.198. The molecule has 0 aromatic heterocycles. The zero-order valence-corrected chi connectivity index (χ0v) is 15.1. The minimum absolute atomic E-state index is 0. The van der Waals surface area contributed by atoms with Crippen LogP contribution in [-0.2, 0) is 0 Å². The van der Waals surface area contributed by atoms with E-state index in [4.69, 9.17) is 11.6 Å². The van der Waals surface area contributed by atoms with Crippen LogP contribution in [0.15, 0.2) is 0 Å². The normalized spacial score (nSPS) is 10.3. The summed E-state index contributed by atoms with van der Waals surface area (Å²) in [5, 5.41) is 0. The first-order chi connectivity index (χ1) is 8.41. The Bertz CT molecular complexity index is 114. The van der Waals surface area contributed by atoms with Crippen LogP contribution >= 0.6 is 11.6 Å². The van der Waals surface area contributed by atoms with Crippen molar-refractivity contribution in [2.45, 2.75) is 96.8 Å². The molecule has 0 heterocycles. The van der Waals surface area contributed by atoms with Crippen LogP contribution in [0.4, 0.5) is 0 Å². The van der Waals surface area contributed by atoms with Crippen molar-refractivity contribution in [1.29, 1.82) is 0 Å². The van der Waals surface area contributed by atoms with Crippen molar-refractivity contribution in [3.63, 3.8) is 0 Å². The van der Waals surface area contributed by atoms with Gasteiger partial charge in [0.2, 0.25) is 0 Å². The molecule has 0 aliphatic rings. The molecular weight excluding hydrogens is 303 g/mol. The summed E-state index contributed by atoms with van der Waals surface area (Å²) in [5.74, 6) is 0.845. The van der Waals surface area contributed by atoms with Crippen molar-refractivity contribution in [1.82, 2.24) is 0 Å². The van der Waals surface area contributed by atoms with Crippen molar-refractivity contribution in [3.05, 3.63) is 0 Å². The summed E-state index contributed by atoms with van der Waals surface area (Å²) in [6.07, 6.45) is 19.8. The Labute approximate surface area is 132 Å². The van der Waals surface area contributed by atoms with Gasteiger partial charge in [-0.05, 0) is 6.42 Å². The molecule has 0 aliphatic heterocycles. The van der Waals surface area contributed by atoms with Gasteiger partial charge < -0.3 is 0 Å². The molecule has 0 aliphatic carbocycles. The van der Waals surface area contributed by atoms with Gasteiger partial charge in [-0.2, -0.15) is 0 Å². The minimum atomic E-state index is 0. The number of unbranched alkanes of at least 4 members (excludes halogenated alkanes) is 13. The van der Waals surface area contributed by atoms with Crippen molar-refractivity contribution in [2.24, 2.45) is 0 Å². The van der Waals surface area contributed by atoms with Gasteiger partial charge in [-0.25, -0.2) is 0 Å². The topological polar surface area (TPSA) is 0 Å². The molecule has 0 fully saturated rings. The van der Waals surface area contributed by atoms with Gasteiger partial charge in [-0.3, -0.25) is 0 Å². The monoisotopic (exact) mass is 335 g/mol. The molecule has 0 atom stereocenters. The second kappa shape index (κ2) is 20.2. The number of rotatable bonds is 14. The molecule has 0 aromatic rings. The Hall–Kier alpha value is 0.848. The molecule has 0 spiro atoms. The summed E-state index contributed by atoms with van der Waals surface area (Å²) in [5.41, 5.74) is 0. The van der Waals surface area contributed by atoms with Crippen molar-refractivity contribution >= 4 is 29.6 Å². The molecule has 2 heteroatoms. The van der Waals surface area contributed by atoms with E-state index in [1.165, 1.54) is 89.9 Å². The standard InChI is InChI=1S/C16H33Cl.As/c1-2-3-4-5-6-7-8-9-10-11-12-13-14-15-16-17;/h2-16H2,1H3;. The van der Waals surface area contributed by atoms with Gasteiger partial charge in [0.25, 0.3) is 0 Å². The Kier molecular flexibility index (Phi) is 23.7. The fraction of sp³-hybridized carbons (Fsp3) is 1.00. The molecule has 0 unspecified atom stereocenters. The van der Waals surface area contributed by atoms with Gasteiger partial charge in [0, 0.05) is 23.8 Å². The second-order valence-electron chi connectivity index (χ2n) is 5.29. The van der Waals surface area contributed by atoms with E-state index in [1.54, 1.807) is 0 Å². The number of hydrogen-bond acceptors (Lipinski definition) is 0. The Morgan fingerprint density at radius 2 is 0.778 bits per heavy atom. The van der Waals surface area contributed by atoms with E-state index in [0.717, 1.165) is 5.88 Å².